The third-order valence-electron chi connectivity index (χ3n) is 2.74. The lowest BCUT2D eigenvalue weighted by atomic mass is 10.1. The second-order valence-electron chi connectivity index (χ2n) is 4.57. The number of carboxylic acids is 1. The van der Waals surface area contributed by atoms with Gasteiger partial charge in [0.1, 0.15) is 5.75 Å². The molecule has 5 heteroatoms. The van der Waals surface area contributed by atoms with Gasteiger partial charge in [0.15, 0.2) is 6.61 Å². The molecule has 0 aromatic heterocycles. The summed E-state index contributed by atoms with van der Waals surface area (Å²) in [5, 5.41) is 11.3. The number of aliphatic carboxylic acids is 1. The number of amides is 1. The summed E-state index contributed by atoms with van der Waals surface area (Å²) in [6, 6.07) is 6.73. The zero-order valence-electron chi connectivity index (χ0n) is 11.7. The van der Waals surface area contributed by atoms with Crippen molar-refractivity contribution < 1.29 is 19.4 Å². The summed E-state index contributed by atoms with van der Waals surface area (Å²) < 4.78 is 5.05. The molecular formula is C15H21NO4. The van der Waals surface area contributed by atoms with Crippen LogP contribution in [-0.2, 0) is 9.59 Å². The number of anilines is 1. The highest BCUT2D eigenvalue weighted by molar-refractivity contribution is 5.90. The van der Waals surface area contributed by atoms with Crippen LogP contribution < -0.4 is 10.1 Å². The van der Waals surface area contributed by atoms with E-state index in [9.17, 15) is 9.59 Å². The molecule has 0 saturated heterocycles. The molecule has 0 aliphatic rings. The van der Waals surface area contributed by atoms with Crippen molar-refractivity contribution in [3.05, 3.63) is 24.3 Å². The van der Waals surface area contributed by atoms with Crippen molar-refractivity contribution in [3.8, 4) is 5.75 Å². The van der Waals surface area contributed by atoms with Crippen LogP contribution >= 0.6 is 0 Å². The van der Waals surface area contributed by atoms with E-state index >= 15 is 0 Å². The van der Waals surface area contributed by atoms with Gasteiger partial charge in [0.05, 0.1) is 0 Å². The van der Waals surface area contributed by atoms with Crippen LogP contribution in [0.3, 0.4) is 0 Å². The van der Waals surface area contributed by atoms with Crippen LogP contribution in [0.15, 0.2) is 24.3 Å². The van der Waals surface area contributed by atoms with Crippen LogP contribution in [0, 0.1) is 0 Å². The number of ether oxygens (including phenoxy) is 1. The van der Waals surface area contributed by atoms with Gasteiger partial charge in [-0.25, -0.2) is 4.79 Å². The second-order valence-corrected chi connectivity index (χ2v) is 4.57. The van der Waals surface area contributed by atoms with Crippen LogP contribution in [0.4, 0.5) is 5.69 Å². The Morgan fingerprint density at radius 1 is 1.25 bits per heavy atom. The summed E-state index contributed by atoms with van der Waals surface area (Å²) in [5.74, 6) is -0.636. The first-order valence-corrected chi connectivity index (χ1v) is 6.86. The lowest BCUT2D eigenvalue weighted by molar-refractivity contribution is -0.139. The molecule has 1 aromatic carbocycles. The van der Waals surface area contributed by atoms with Crippen molar-refractivity contribution >= 4 is 17.6 Å². The van der Waals surface area contributed by atoms with E-state index in [1.165, 1.54) is 0 Å². The minimum atomic E-state index is -1.03. The quantitative estimate of drug-likeness (QED) is 0.681. The van der Waals surface area contributed by atoms with Crippen molar-refractivity contribution in [1.29, 1.82) is 0 Å². The number of carbonyl (C=O) groups is 2. The van der Waals surface area contributed by atoms with Gasteiger partial charge in [0.25, 0.3) is 0 Å². The molecular weight excluding hydrogens is 258 g/mol. The highest BCUT2D eigenvalue weighted by Crippen LogP contribution is 2.17. The average Bonchev–Trinajstić information content (AvgIpc) is 2.42. The Kier molecular flexibility index (Phi) is 7.17. The van der Waals surface area contributed by atoms with Crippen molar-refractivity contribution in [3.63, 3.8) is 0 Å². The van der Waals surface area contributed by atoms with E-state index in [1.807, 2.05) is 0 Å². The van der Waals surface area contributed by atoms with Crippen LogP contribution in [-0.4, -0.2) is 23.6 Å². The molecule has 0 fully saturated rings. The monoisotopic (exact) mass is 279 g/mol. The smallest absolute Gasteiger partial charge is 0.341 e. The molecule has 0 aliphatic carbocycles. The molecule has 110 valence electrons. The second kappa shape index (κ2) is 8.96. The number of hydrogen-bond acceptors (Lipinski definition) is 3. The molecule has 0 atom stereocenters. The maximum absolute atomic E-state index is 11.7. The molecule has 0 radical (unpaired) electrons. The predicted octanol–water partition coefficient (Wildman–Crippen LogP) is 3.06. The van der Waals surface area contributed by atoms with Gasteiger partial charge in [-0.15, -0.1) is 0 Å². The van der Waals surface area contributed by atoms with E-state index in [0.717, 1.165) is 25.7 Å². The summed E-state index contributed by atoms with van der Waals surface area (Å²) in [7, 11) is 0. The van der Waals surface area contributed by atoms with Gasteiger partial charge in [-0.3, -0.25) is 4.79 Å². The van der Waals surface area contributed by atoms with Gasteiger partial charge in [-0.1, -0.05) is 32.3 Å². The molecule has 0 heterocycles. The van der Waals surface area contributed by atoms with Crippen molar-refractivity contribution in [2.24, 2.45) is 0 Å². The van der Waals surface area contributed by atoms with Gasteiger partial charge in [-0.05, 0) is 18.6 Å². The SMILES string of the molecule is CCCCCCC(=O)Nc1cccc(OCC(=O)O)c1. The molecule has 0 saturated carbocycles. The summed E-state index contributed by atoms with van der Waals surface area (Å²) in [6.45, 7) is 1.73. The average molecular weight is 279 g/mol. The van der Waals surface area contributed by atoms with Gasteiger partial charge in [-0.2, -0.15) is 0 Å². The Morgan fingerprint density at radius 2 is 2.05 bits per heavy atom. The fourth-order valence-electron chi connectivity index (χ4n) is 1.74. The highest BCUT2D eigenvalue weighted by Gasteiger charge is 2.04. The molecule has 0 bridgehead atoms. The Balaban J connectivity index is 2.40. The molecule has 5 nitrogen and oxygen atoms in total. The van der Waals surface area contributed by atoms with Crippen LogP contribution in [0.5, 0.6) is 5.75 Å². The third kappa shape index (κ3) is 6.78. The van der Waals surface area contributed by atoms with Gasteiger partial charge >= 0.3 is 5.97 Å². The van der Waals surface area contributed by atoms with E-state index in [1.54, 1.807) is 24.3 Å². The summed E-state index contributed by atoms with van der Waals surface area (Å²) >= 11 is 0. The van der Waals surface area contributed by atoms with E-state index < -0.39 is 12.6 Å². The predicted molar refractivity (Wildman–Crippen MR) is 77.0 cm³/mol. The first-order valence-electron chi connectivity index (χ1n) is 6.86. The van der Waals surface area contributed by atoms with Gasteiger partial charge in [0.2, 0.25) is 5.91 Å². The van der Waals surface area contributed by atoms with Crippen LogP contribution in [0.2, 0.25) is 0 Å². The zero-order chi connectivity index (χ0) is 14.8. The van der Waals surface area contributed by atoms with E-state index in [4.69, 9.17) is 9.84 Å². The molecule has 0 aliphatic heterocycles. The normalized spacial score (nSPS) is 10.1. The minimum Gasteiger partial charge on any atom is -0.482 e. The topological polar surface area (TPSA) is 75.6 Å². The number of nitrogens with one attached hydrogen (secondary N) is 1. The molecule has 0 unspecified atom stereocenters. The molecule has 0 spiro atoms. The highest BCUT2D eigenvalue weighted by atomic mass is 16.5. The van der Waals surface area contributed by atoms with Crippen LogP contribution in [0.25, 0.3) is 0 Å². The number of carboxylic acid groups (broad SMARTS) is 1. The van der Waals surface area contributed by atoms with Crippen molar-refractivity contribution in [1.82, 2.24) is 0 Å². The maximum Gasteiger partial charge on any atom is 0.341 e. The summed E-state index contributed by atoms with van der Waals surface area (Å²) in [4.78, 5) is 22.1. The molecule has 1 aromatic rings. The Bertz CT molecular complexity index is 445. The van der Waals surface area contributed by atoms with Gasteiger partial charge in [0, 0.05) is 18.2 Å². The maximum atomic E-state index is 11.7. The number of unbranched alkanes of at least 4 members (excludes halogenated alkanes) is 3. The number of carbonyl (C=O) groups excluding carboxylic acids is 1. The molecule has 1 rings (SSSR count). The lowest BCUT2D eigenvalue weighted by Gasteiger charge is -2.08. The van der Waals surface area contributed by atoms with Gasteiger partial charge < -0.3 is 15.2 Å². The van der Waals surface area contributed by atoms with Crippen molar-refractivity contribution in [2.45, 2.75) is 39.0 Å². The van der Waals surface area contributed by atoms with Crippen molar-refractivity contribution in [2.75, 3.05) is 11.9 Å². The first kappa shape index (κ1) is 16.0. The van der Waals surface area contributed by atoms with E-state index in [-0.39, 0.29) is 5.91 Å². The number of hydrogen-bond donors (Lipinski definition) is 2. The lowest BCUT2D eigenvalue weighted by Crippen LogP contribution is -2.12. The third-order valence-corrected chi connectivity index (χ3v) is 2.74. The Labute approximate surface area is 118 Å². The summed E-state index contributed by atoms with van der Waals surface area (Å²) in [5.41, 5.74) is 0.619. The minimum absolute atomic E-state index is 0.0310. The first-order chi connectivity index (χ1) is 9.61. The number of benzene rings is 1. The molecule has 1 amide bonds. The fraction of sp³-hybridized carbons (Fsp3) is 0.467. The number of rotatable bonds is 9. The van der Waals surface area contributed by atoms with E-state index in [2.05, 4.69) is 12.2 Å². The Hall–Kier alpha value is -2.04. The van der Waals surface area contributed by atoms with E-state index in [0.29, 0.717) is 17.9 Å². The zero-order valence-corrected chi connectivity index (χ0v) is 11.7. The molecule has 20 heavy (non-hydrogen) atoms. The molecule has 2 N–H and O–H groups in total. The fourth-order valence-corrected chi connectivity index (χ4v) is 1.74. The largest absolute Gasteiger partial charge is 0.482 e. The standard InChI is InChI=1S/C15H21NO4/c1-2-3-4-5-9-14(17)16-12-7-6-8-13(10-12)20-11-15(18)19/h6-8,10H,2-5,9,11H2,1H3,(H,16,17)(H,18,19). The Morgan fingerprint density at radius 3 is 2.75 bits per heavy atom. The van der Waals surface area contributed by atoms with Crippen LogP contribution in [0.1, 0.15) is 39.0 Å². The summed E-state index contributed by atoms with van der Waals surface area (Å²) in [6.07, 6.45) is 4.73.